The number of aliphatic carboxylic acids is 1. The van der Waals surface area contributed by atoms with E-state index < -0.39 is 12.0 Å². The first kappa shape index (κ1) is 16.9. The van der Waals surface area contributed by atoms with Gasteiger partial charge in [-0.15, -0.1) is 0 Å². The highest BCUT2D eigenvalue weighted by molar-refractivity contribution is 5.83. The lowest BCUT2D eigenvalue weighted by Crippen LogP contribution is -2.41. The number of ether oxygens (including phenoxy) is 1. The van der Waals surface area contributed by atoms with Gasteiger partial charge in [0.1, 0.15) is 6.04 Å². The van der Waals surface area contributed by atoms with Gasteiger partial charge in [-0.2, -0.15) is 0 Å². The predicted octanol–water partition coefficient (Wildman–Crippen LogP) is 0.762. The Morgan fingerprint density at radius 3 is 2.70 bits per heavy atom. The predicted molar refractivity (Wildman–Crippen MR) is 75.5 cm³/mol. The molecule has 0 aromatic carbocycles. The quantitative estimate of drug-likeness (QED) is 0.545. The first-order chi connectivity index (χ1) is 9.63. The van der Waals surface area contributed by atoms with Crippen LogP contribution < -0.4 is 10.6 Å². The van der Waals surface area contributed by atoms with E-state index in [0.29, 0.717) is 31.8 Å². The molecule has 0 aromatic rings. The summed E-state index contributed by atoms with van der Waals surface area (Å²) in [5, 5.41) is 15.0. The van der Waals surface area contributed by atoms with Crippen molar-refractivity contribution in [3.63, 3.8) is 0 Å². The number of piperidine rings is 1. The molecule has 3 N–H and O–H groups in total. The molecular formula is C14H26N2O4. The van der Waals surface area contributed by atoms with Crippen molar-refractivity contribution in [1.29, 1.82) is 0 Å². The summed E-state index contributed by atoms with van der Waals surface area (Å²) in [7, 11) is 1.58. The van der Waals surface area contributed by atoms with E-state index in [0.717, 1.165) is 32.4 Å². The Morgan fingerprint density at radius 2 is 2.10 bits per heavy atom. The molecule has 0 aromatic heterocycles. The van der Waals surface area contributed by atoms with E-state index in [9.17, 15) is 9.59 Å². The van der Waals surface area contributed by atoms with Crippen LogP contribution in [0.15, 0.2) is 0 Å². The third-order valence-corrected chi connectivity index (χ3v) is 3.71. The van der Waals surface area contributed by atoms with Crippen LogP contribution in [-0.2, 0) is 14.3 Å². The maximum atomic E-state index is 11.8. The van der Waals surface area contributed by atoms with Crippen molar-refractivity contribution < 1.29 is 19.4 Å². The van der Waals surface area contributed by atoms with Gasteiger partial charge < -0.3 is 20.5 Å². The van der Waals surface area contributed by atoms with E-state index in [4.69, 9.17) is 9.84 Å². The zero-order valence-electron chi connectivity index (χ0n) is 12.2. The molecule has 1 heterocycles. The van der Waals surface area contributed by atoms with Gasteiger partial charge in [0, 0.05) is 20.1 Å². The smallest absolute Gasteiger partial charge is 0.326 e. The van der Waals surface area contributed by atoms with E-state index >= 15 is 0 Å². The number of nitrogens with one attached hydrogen (secondary N) is 2. The standard InChI is InChI=1S/C14H26N2O4/c1-20-10-2-3-12(14(18)19)16-13(17)5-4-11-6-8-15-9-7-11/h11-12,15H,2-10H2,1H3,(H,16,17)(H,18,19). The summed E-state index contributed by atoms with van der Waals surface area (Å²) in [5.41, 5.74) is 0. The molecule has 1 atom stereocenters. The maximum Gasteiger partial charge on any atom is 0.326 e. The van der Waals surface area contributed by atoms with Crippen molar-refractivity contribution in [3.05, 3.63) is 0 Å². The second-order valence-corrected chi connectivity index (χ2v) is 5.33. The molecule has 0 radical (unpaired) electrons. The third kappa shape index (κ3) is 6.86. The number of hydrogen-bond donors (Lipinski definition) is 3. The summed E-state index contributed by atoms with van der Waals surface area (Å²) in [6, 6.07) is -0.800. The second kappa shape index (κ2) is 9.72. The number of carboxylic acid groups (broad SMARTS) is 1. The van der Waals surface area contributed by atoms with Crippen molar-refractivity contribution in [2.45, 2.75) is 44.6 Å². The van der Waals surface area contributed by atoms with Gasteiger partial charge in [-0.3, -0.25) is 4.79 Å². The molecule has 1 aliphatic rings. The van der Waals surface area contributed by atoms with Gasteiger partial charge in [0.2, 0.25) is 5.91 Å². The van der Waals surface area contributed by atoms with Crippen LogP contribution in [-0.4, -0.2) is 49.8 Å². The molecule has 1 rings (SSSR count). The largest absolute Gasteiger partial charge is 0.480 e. The minimum atomic E-state index is -0.976. The molecule has 0 aliphatic carbocycles. The van der Waals surface area contributed by atoms with Gasteiger partial charge >= 0.3 is 5.97 Å². The van der Waals surface area contributed by atoms with Crippen LogP contribution in [0.25, 0.3) is 0 Å². The summed E-state index contributed by atoms with van der Waals surface area (Å²) in [6.07, 6.45) is 4.49. The second-order valence-electron chi connectivity index (χ2n) is 5.33. The van der Waals surface area contributed by atoms with E-state index in [1.54, 1.807) is 7.11 Å². The first-order valence-corrected chi connectivity index (χ1v) is 7.35. The number of carbonyl (C=O) groups is 2. The van der Waals surface area contributed by atoms with E-state index in [1.165, 1.54) is 0 Å². The Labute approximate surface area is 120 Å². The fourth-order valence-electron chi connectivity index (χ4n) is 2.46. The monoisotopic (exact) mass is 286 g/mol. The van der Waals surface area contributed by atoms with Crippen LogP contribution in [0.3, 0.4) is 0 Å². The minimum Gasteiger partial charge on any atom is -0.480 e. The Kier molecular flexibility index (Phi) is 8.22. The van der Waals surface area contributed by atoms with Crippen LogP contribution in [0.2, 0.25) is 0 Å². The molecule has 0 spiro atoms. The first-order valence-electron chi connectivity index (χ1n) is 7.35. The highest BCUT2D eigenvalue weighted by Crippen LogP contribution is 2.17. The van der Waals surface area contributed by atoms with Crippen LogP contribution in [0.4, 0.5) is 0 Å². The molecular weight excluding hydrogens is 260 g/mol. The molecule has 1 unspecified atom stereocenters. The van der Waals surface area contributed by atoms with Crippen LogP contribution in [0.5, 0.6) is 0 Å². The highest BCUT2D eigenvalue weighted by atomic mass is 16.5. The van der Waals surface area contributed by atoms with Crippen molar-refractivity contribution in [2.24, 2.45) is 5.92 Å². The van der Waals surface area contributed by atoms with Gasteiger partial charge in [0.25, 0.3) is 0 Å². The topological polar surface area (TPSA) is 87.7 Å². The Hall–Kier alpha value is -1.14. The SMILES string of the molecule is COCCCC(NC(=O)CCC1CCNCC1)C(=O)O. The highest BCUT2D eigenvalue weighted by Gasteiger charge is 2.20. The zero-order chi connectivity index (χ0) is 14.8. The van der Waals surface area contributed by atoms with Crippen molar-refractivity contribution in [1.82, 2.24) is 10.6 Å². The Balaban J connectivity index is 2.24. The van der Waals surface area contributed by atoms with Crippen molar-refractivity contribution >= 4 is 11.9 Å². The molecule has 6 heteroatoms. The van der Waals surface area contributed by atoms with E-state index in [-0.39, 0.29) is 5.91 Å². The number of rotatable bonds is 9. The van der Waals surface area contributed by atoms with Gasteiger partial charge in [0.15, 0.2) is 0 Å². The Morgan fingerprint density at radius 1 is 1.40 bits per heavy atom. The number of hydrogen-bond acceptors (Lipinski definition) is 4. The fourth-order valence-corrected chi connectivity index (χ4v) is 2.46. The van der Waals surface area contributed by atoms with Crippen molar-refractivity contribution in [2.75, 3.05) is 26.8 Å². The molecule has 1 saturated heterocycles. The van der Waals surface area contributed by atoms with Gasteiger partial charge in [0.05, 0.1) is 0 Å². The summed E-state index contributed by atoms with van der Waals surface area (Å²) in [5.74, 6) is -0.552. The lowest BCUT2D eigenvalue weighted by Gasteiger charge is -2.22. The van der Waals surface area contributed by atoms with Crippen molar-refractivity contribution in [3.8, 4) is 0 Å². The summed E-state index contributed by atoms with van der Waals surface area (Å²) < 4.78 is 4.89. The molecule has 116 valence electrons. The van der Waals surface area contributed by atoms with Gasteiger partial charge in [-0.05, 0) is 51.1 Å². The number of amides is 1. The molecule has 20 heavy (non-hydrogen) atoms. The summed E-state index contributed by atoms with van der Waals surface area (Å²) in [6.45, 7) is 2.54. The molecule has 1 aliphatic heterocycles. The normalized spacial score (nSPS) is 17.6. The van der Waals surface area contributed by atoms with Crippen LogP contribution in [0.1, 0.15) is 38.5 Å². The lowest BCUT2D eigenvalue weighted by atomic mass is 9.93. The zero-order valence-corrected chi connectivity index (χ0v) is 12.2. The fraction of sp³-hybridized carbons (Fsp3) is 0.857. The number of carboxylic acids is 1. The van der Waals surface area contributed by atoms with Gasteiger partial charge in [-0.1, -0.05) is 0 Å². The van der Waals surface area contributed by atoms with Crippen LogP contribution in [0, 0.1) is 5.92 Å². The minimum absolute atomic E-state index is 0.159. The molecule has 0 bridgehead atoms. The Bertz CT molecular complexity index is 304. The number of methoxy groups -OCH3 is 1. The van der Waals surface area contributed by atoms with Crippen LogP contribution >= 0.6 is 0 Å². The van der Waals surface area contributed by atoms with E-state index in [1.807, 2.05) is 0 Å². The summed E-state index contributed by atoms with van der Waals surface area (Å²) in [4.78, 5) is 22.9. The van der Waals surface area contributed by atoms with Gasteiger partial charge in [-0.25, -0.2) is 4.79 Å². The number of carbonyl (C=O) groups excluding carboxylic acids is 1. The summed E-state index contributed by atoms with van der Waals surface area (Å²) >= 11 is 0. The molecule has 1 fully saturated rings. The third-order valence-electron chi connectivity index (χ3n) is 3.71. The van der Waals surface area contributed by atoms with E-state index in [2.05, 4.69) is 10.6 Å². The molecule has 0 saturated carbocycles. The average Bonchev–Trinajstić information content (AvgIpc) is 2.45. The maximum absolute atomic E-state index is 11.8. The lowest BCUT2D eigenvalue weighted by molar-refractivity contribution is -0.142. The average molecular weight is 286 g/mol. The molecule has 6 nitrogen and oxygen atoms in total. The molecule has 1 amide bonds.